The van der Waals surface area contributed by atoms with Crippen molar-refractivity contribution in [1.82, 2.24) is 24.6 Å². The lowest BCUT2D eigenvalue weighted by atomic mass is 10.0. The van der Waals surface area contributed by atoms with Crippen molar-refractivity contribution in [2.24, 2.45) is 5.73 Å². The highest BCUT2D eigenvalue weighted by Crippen LogP contribution is 2.33. The molecule has 0 radical (unpaired) electrons. The minimum Gasteiger partial charge on any atom is -0.364 e. The van der Waals surface area contributed by atoms with Crippen molar-refractivity contribution in [1.29, 1.82) is 0 Å². The number of anilines is 1. The van der Waals surface area contributed by atoms with Gasteiger partial charge in [-0.1, -0.05) is 47.9 Å². The van der Waals surface area contributed by atoms with E-state index in [1.807, 2.05) is 0 Å². The summed E-state index contributed by atoms with van der Waals surface area (Å²) in [7, 11) is 0. The molecule has 0 aliphatic carbocycles. The van der Waals surface area contributed by atoms with Gasteiger partial charge < -0.3 is 16.0 Å². The Bertz CT molecular complexity index is 2110. The van der Waals surface area contributed by atoms with E-state index in [2.05, 4.69) is 32.2 Å². The van der Waals surface area contributed by atoms with Gasteiger partial charge in [-0.2, -0.15) is 5.10 Å². The van der Waals surface area contributed by atoms with Crippen LogP contribution in [0.5, 0.6) is 0 Å². The summed E-state index contributed by atoms with van der Waals surface area (Å²) in [5.41, 5.74) is 6.63. The summed E-state index contributed by atoms with van der Waals surface area (Å²) in [5.74, 6) is 1.93. The fourth-order valence-corrected chi connectivity index (χ4v) is 5.56. The minimum atomic E-state index is -1.50. The van der Waals surface area contributed by atoms with E-state index in [0.29, 0.717) is 27.1 Å². The maximum absolute atomic E-state index is 15.5. The standard InChI is InChI=1S/C33H23ClF3N7O3/c34-24-6-2-1-4-21(24)22-5-3-7-25(30(22)37)41-33(47)27-13-19(35)16-43(27)29(45)17-44-26-10-8-18(12-23(26)31(42-44)32(38)46)9-11-28-39-14-20(36)15-40-28/h1-8,10,12,14-15,19,27H,13,16-17H2,(H2,38,46)(H,41,47)/t19-,27+/m1/s1. The summed E-state index contributed by atoms with van der Waals surface area (Å²) in [6.07, 6.45) is 0.153. The summed E-state index contributed by atoms with van der Waals surface area (Å²) in [6.45, 7) is -0.822. The number of hydrogen-bond acceptors (Lipinski definition) is 6. The van der Waals surface area contributed by atoms with Crippen LogP contribution in [-0.2, 0) is 16.1 Å². The number of rotatable bonds is 6. The lowest BCUT2D eigenvalue weighted by molar-refractivity contribution is -0.137. The van der Waals surface area contributed by atoms with Gasteiger partial charge >= 0.3 is 0 Å². The van der Waals surface area contributed by atoms with Crippen LogP contribution in [-0.4, -0.2) is 61.1 Å². The molecule has 47 heavy (non-hydrogen) atoms. The molecule has 14 heteroatoms. The molecular formula is C33H23ClF3N7O3. The second-order valence-corrected chi connectivity index (χ2v) is 11.0. The van der Waals surface area contributed by atoms with Gasteiger partial charge in [-0.3, -0.25) is 19.1 Å². The fraction of sp³-hybridized carbons (Fsp3) is 0.152. The van der Waals surface area contributed by atoms with Gasteiger partial charge in [0, 0.05) is 33.5 Å². The molecule has 6 rings (SSSR count). The lowest BCUT2D eigenvalue weighted by Crippen LogP contribution is -2.44. The average Bonchev–Trinajstić information content (AvgIpc) is 3.62. The molecule has 0 bridgehead atoms. The molecule has 3 heterocycles. The van der Waals surface area contributed by atoms with Crippen LogP contribution < -0.4 is 11.1 Å². The Morgan fingerprint density at radius 2 is 1.74 bits per heavy atom. The number of likely N-dealkylation sites (tertiary alicyclic amines) is 1. The normalized spacial score (nSPS) is 15.7. The molecule has 236 valence electrons. The molecule has 2 aromatic heterocycles. The molecule has 3 amide bonds. The van der Waals surface area contributed by atoms with Gasteiger partial charge in [0.25, 0.3) is 5.91 Å². The predicted molar refractivity (Wildman–Crippen MR) is 167 cm³/mol. The number of alkyl halides is 1. The Morgan fingerprint density at radius 1 is 1.00 bits per heavy atom. The predicted octanol–water partition coefficient (Wildman–Crippen LogP) is 4.50. The summed E-state index contributed by atoms with van der Waals surface area (Å²) >= 11 is 6.24. The number of carbonyl (C=O) groups excluding carboxylic acids is 3. The Kier molecular flexibility index (Phi) is 8.60. The van der Waals surface area contributed by atoms with Crippen LogP contribution in [0.15, 0.2) is 73.1 Å². The third-order valence-electron chi connectivity index (χ3n) is 7.50. The first kappa shape index (κ1) is 31.3. The van der Waals surface area contributed by atoms with E-state index in [1.54, 1.807) is 42.5 Å². The van der Waals surface area contributed by atoms with E-state index in [-0.39, 0.29) is 35.7 Å². The molecule has 3 N–H and O–H groups in total. The number of nitrogens with one attached hydrogen (secondary N) is 1. The zero-order chi connectivity index (χ0) is 33.2. The van der Waals surface area contributed by atoms with Gasteiger partial charge in [-0.25, -0.2) is 23.1 Å². The summed E-state index contributed by atoms with van der Waals surface area (Å²) in [4.78, 5) is 47.7. The van der Waals surface area contributed by atoms with Crippen LogP contribution in [0.3, 0.4) is 0 Å². The van der Waals surface area contributed by atoms with E-state index < -0.39 is 48.1 Å². The van der Waals surface area contributed by atoms with Crippen LogP contribution in [0.1, 0.15) is 28.3 Å². The molecule has 0 unspecified atom stereocenters. The fourth-order valence-electron chi connectivity index (χ4n) is 5.32. The number of amides is 3. The van der Waals surface area contributed by atoms with E-state index in [0.717, 1.165) is 17.3 Å². The zero-order valence-electron chi connectivity index (χ0n) is 24.3. The topological polar surface area (TPSA) is 136 Å². The molecule has 1 saturated heterocycles. The number of carbonyl (C=O) groups is 3. The van der Waals surface area contributed by atoms with Crippen molar-refractivity contribution in [3.8, 4) is 23.0 Å². The summed E-state index contributed by atoms with van der Waals surface area (Å²) < 4.78 is 44.5. The second-order valence-electron chi connectivity index (χ2n) is 10.6. The molecule has 1 fully saturated rings. The molecule has 10 nitrogen and oxygen atoms in total. The molecule has 0 saturated carbocycles. The smallest absolute Gasteiger partial charge is 0.269 e. The molecule has 5 aromatic rings. The van der Waals surface area contributed by atoms with Crippen LogP contribution in [0.2, 0.25) is 5.02 Å². The monoisotopic (exact) mass is 657 g/mol. The number of aromatic nitrogens is 4. The van der Waals surface area contributed by atoms with Crippen LogP contribution in [0.25, 0.3) is 22.0 Å². The van der Waals surface area contributed by atoms with Gasteiger partial charge in [0.05, 0.1) is 30.1 Å². The Balaban J connectivity index is 1.23. The third-order valence-corrected chi connectivity index (χ3v) is 7.83. The number of nitrogens with two attached hydrogens (primary N) is 1. The average molecular weight is 658 g/mol. The van der Waals surface area contributed by atoms with Gasteiger partial charge in [-0.05, 0) is 36.3 Å². The highest BCUT2D eigenvalue weighted by molar-refractivity contribution is 6.33. The first-order chi connectivity index (χ1) is 22.6. The van der Waals surface area contributed by atoms with Crippen molar-refractivity contribution in [2.45, 2.75) is 25.2 Å². The van der Waals surface area contributed by atoms with Crippen molar-refractivity contribution < 1.29 is 27.6 Å². The number of primary amides is 1. The Labute approximate surface area is 270 Å². The first-order valence-corrected chi connectivity index (χ1v) is 14.5. The van der Waals surface area contributed by atoms with Crippen LogP contribution in [0, 0.1) is 23.5 Å². The summed E-state index contributed by atoms with van der Waals surface area (Å²) in [5, 5.41) is 7.31. The van der Waals surface area contributed by atoms with Crippen molar-refractivity contribution >= 4 is 45.9 Å². The first-order valence-electron chi connectivity index (χ1n) is 14.2. The molecule has 2 atom stereocenters. The molecule has 0 spiro atoms. The van der Waals surface area contributed by atoms with E-state index in [4.69, 9.17) is 17.3 Å². The number of halogens is 4. The summed E-state index contributed by atoms with van der Waals surface area (Å²) in [6, 6.07) is 14.5. The number of nitrogens with zero attached hydrogens (tertiary/aromatic N) is 5. The quantitative estimate of drug-likeness (QED) is 0.258. The molecule has 1 aliphatic heterocycles. The lowest BCUT2D eigenvalue weighted by Gasteiger charge is -2.24. The highest BCUT2D eigenvalue weighted by atomic mass is 35.5. The van der Waals surface area contributed by atoms with E-state index in [9.17, 15) is 23.2 Å². The van der Waals surface area contributed by atoms with E-state index in [1.165, 1.54) is 22.9 Å². The van der Waals surface area contributed by atoms with Gasteiger partial charge in [0.1, 0.15) is 18.8 Å². The van der Waals surface area contributed by atoms with Crippen molar-refractivity contribution in [3.63, 3.8) is 0 Å². The van der Waals surface area contributed by atoms with Crippen molar-refractivity contribution in [2.75, 3.05) is 11.9 Å². The highest BCUT2D eigenvalue weighted by Gasteiger charge is 2.40. The van der Waals surface area contributed by atoms with Crippen LogP contribution >= 0.6 is 11.6 Å². The second kappa shape index (κ2) is 12.9. The zero-order valence-corrected chi connectivity index (χ0v) is 25.0. The number of hydrogen-bond donors (Lipinski definition) is 2. The largest absolute Gasteiger partial charge is 0.364 e. The van der Waals surface area contributed by atoms with Crippen molar-refractivity contribution in [3.05, 3.63) is 107 Å². The Morgan fingerprint density at radius 3 is 2.49 bits per heavy atom. The maximum Gasteiger partial charge on any atom is 0.269 e. The van der Waals surface area contributed by atoms with Crippen LogP contribution in [0.4, 0.5) is 18.9 Å². The van der Waals surface area contributed by atoms with E-state index >= 15 is 4.39 Å². The molecule has 3 aromatic carbocycles. The molecule has 1 aliphatic rings. The number of fused-ring (bicyclic) bond motifs is 1. The van der Waals surface area contributed by atoms with Gasteiger partial charge in [0.15, 0.2) is 17.3 Å². The Hall–Kier alpha value is -5.74. The minimum absolute atomic E-state index is 0.0781. The molecular weight excluding hydrogens is 635 g/mol. The third kappa shape index (κ3) is 6.49. The number of benzene rings is 3. The maximum atomic E-state index is 15.5. The van der Waals surface area contributed by atoms with Gasteiger partial charge in [-0.15, -0.1) is 0 Å². The van der Waals surface area contributed by atoms with Gasteiger partial charge in [0.2, 0.25) is 17.6 Å². The SMILES string of the molecule is NC(=O)c1nn(CC(=O)N2C[C@H](F)C[C@H]2C(=O)Nc2cccc(-c3ccccc3Cl)c2F)c2ccc(C#Cc3ncc(F)cn3)cc12.